The minimum absolute atomic E-state index is 0.121. The Kier molecular flexibility index (Phi) is 17.3. The normalized spacial score (nSPS) is 12.7. The van der Waals surface area contributed by atoms with Crippen molar-refractivity contribution in [2.24, 2.45) is 5.92 Å². The van der Waals surface area contributed by atoms with Crippen LogP contribution in [0.15, 0.2) is 12.2 Å². The summed E-state index contributed by atoms with van der Waals surface area (Å²) >= 11 is 0. The molecule has 0 aromatic heterocycles. The Morgan fingerprint density at radius 3 is 1.83 bits per heavy atom. The Labute approximate surface area is 178 Å². The van der Waals surface area contributed by atoms with Gasteiger partial charge in [0.25, 0.3) is 10.1 Å². The topological polar surface area (TPSA) is 89.9 Å². The number of unbranched alkanes of at least 4 members (excludes halogenated alkanes) is 11. The van der Waals surface area contributed by atoms with Crippen LogP contribution >= 0.6 is 0 Å². The molecule has 172 valence electrons. The first-order valence-electron chi connectivity index (χ1n) is 11.1. The van der Waals surface area contributed by atoms with Gasteiger partial charge in [0.05, 0.1) is 19.0 Å². The molecular formula is C22H42O6S. The highest BCUT2D eigenvalue weighted by atomic mass is 32.2. The highest BCUT2D eigenvalue weighted by molar-refractivity contribution is 7.85. The van der Waals surface area contributed by atoms with Crippen LogP contribution in [0, 0.1) is 5.92 Å². The molecule has 0 amide bonds. The Morgan fingerprint density at radius 2 is 1.38 bits per heavy atom. The Bertz CT molecular complexity index is 529. The van der Waals surface area contributed by atoms with Crippen molar-refractivity contribution in [2.45, 2.75) is 90.9 Å². The smallest absolute Gasteiger partial charge is 0.333 e. The summed E-state index contributed by atoms with van der Waals surface area (Å²) in [5, 5.41) is 0. The third-order valence-electron chi connectivity index (χ3n) is 4.74. The second kappa shape index (κ2) is 17.9. The van der Waals surface area contributed by atoms with Gasteiger partial charge >= 0.3 is 5.97 Å². The van der Waals surface area contributed by atoms with Crippen molar-refractivity contribution < 1.29 is 27.2 Å². The fourth-order valence-electron chi connectivity index (χ4n) is 3.05. The molecule has 0 radical (unpaired) electrons. The molecule has 0 aromatic rings. The highest BCUT2D eigenvalue weighted by Crippen LogP contribution is 2.12. The van der Waals surface area contributed by atoms with Gasteiger partial charge in [-0.05, 0) is 13.3 Å². The van der Waals surface area contributed by atoms with E-state index in [0.29, 0.717) is 6.61 Å². The van der Waals surface area contributed by atoms with E-state index < -0.39 is 27.8 Å². The maximum atomic E-state index is 11.4. The van der Waals surface area contributed by atoms with Crippen molar-refractivity contribution in [3.63, 3.8) is 0 Å². The fourth-order valence-corrected chi connectivity index (χ4v) is 3.84. The summed E-state index contributed by atoms with van der Waals surface area (Å²) in [6, 6.07) is 0. The predicted molar refractivity (Wildman–Crippen MR) is 118 cm³/mol. The molecule has 0 saturated carbocycles. The van der Waals surface area contributed by atoms with Crippen molar-refractivity contribution in [2.75, 3.05) is 25.6 Å². The zero-order valence-corrected chi connectivity index (χ0v) is 19.3. The lowest BCUT2D eigenvalue weighted by molar-refractivity contribution is -0.140. The zero-order valence-electron chi connectivity index (χ0n) is 18.5. The van der Waals surface area contributed by atoms with Crippen LogP contribution in [0.5, 0.6) is 0 Å². The van der Waals surface area contributed by atoms with E-state index in [1.165, 1.54) is 71.1 Å². The van der Waals surface area contributed by atoms with E-state index in [2.05, 4.69) is 13.5 Å². The molecule has 7 heteroatoms. The number of hydrogen-bond acceptors (Lipinski definition) is 5. The molecule has 0 rings (SSSR count). The second-order valence-electron chi connectivity index (χ2n) is 7.96. The van der Waals surface area contributed by atoms with Crippen LogP contribution in [0.4, 0.5) is 0 Å². The van der Waals surface area contributed by atoms with Crippen molar-refractivity contribution in [1.82, 2.24) is 0 Å². The number of esters is 1. The van der Waals surface area contributed by atoms with E-state index in [4.69, 9.17) is 14.0 Å². The third-order valence-corrected chi connectivity index (χ3v) is 5.63. The van der Waals surface area contributed by atoms with Crippen LogP contribution in [0.1, 0.15) is 90.9 Å². The van der Waals surface area contributed by atoms with Gasteiger partial charge in [0, 0.05) is 18.1 Å². The number of carbonyl (C=O) groups excluding carboxylic acids is 1. The van der Waals surface area contributed by atoms with Crippen LogP contribution in [-0.4, -0.2) is 44.5 Å². The number of rotatable bonds is 20. The molecule has 0 aromatic carbocycles. The predicted octanol–water partition coefficient (Wildman–Crippen LogP) is 5.33. The summed E-state index contributed by atoms with van der Waals surface area (Å²) in [4.78, 5) is 11.4. The third kappa shape index (κ3) is 20.1. The van der Waals surface area contributed by atoms with Gasteiger partial charge in [0.1, 0.15) is 0 Å². The van der Waals surface area contributed by atoms with Gasteiger partial charge in [-0.3, -0.25) is 4.55 Å². The van der Waals surface area contributed by atoms with Crippen molar-refractivity contribution in [1.29, 1.82) is 0 Å². The van der Waals surface area contributed by atoms with Gasteiger partial charge < -0.3 is 9.47 Å². The maximum Gasteiger partial charge on any atom is 0.333 e. The van der Waals surface area contributed by atoms with Gasteiger partial charge in [0.15, 0.2) is 0 Å². The Morgan fingerprint density at radius 1 is 0.897 bits per heavy atom. The average molecular weight is 435 g/mol. The van der Waals surface area contributed by atoms with E-state index in [1.54, 1.807) is 0 Å². The molecule has 1 N–H and O–H groups in total. The molecular weight excluding hydrogens is 392 g/mol. The van der Waals surface area contributed by atoms with E-state index in [0.717, 1.165) is 12.8 Å². The summed E-state index contributed by atoms with van der Waals surface area (Å²) in [6.45, 7) is 7.78. The molecule has 1 unspecified atom stereocenters. The summed E-state index contributed by atoms with van der Waals surface area (Å²) < 4.78 is 41.8. The molecule has 0 spiro atoms. The maximum absolute atomic E-state index is 11.4. The molecule has 0 aliphatic heterocycles. The van der Waals surface area contributed by atoms with E-state index >= 15 is 0 Å². The van der Waals surface area contributed by atoms with Crippen LogP contribution in [0.3, 0.4) is 0 Å². The minimum atomic E-state index is -4.15. The quantitative estimate of drug-likeness (QED) is 0.121. The number of carbonyl (C=O) groups is 1. The summed E-state index contributed by atoms with van der Waals surface area (Å²) in [7, 11) is -4.15. The van der Waals surface area contributed by atoms with Crippen LogP contribution in [0.25, 0.3) is 0 Å². The molecule has 0 saturated heterocycles. The first kappa shape index (κ1) is 28.1. The lowest BCUT2D eigenvalue weighted by Gasteiger charge is -2.16. The first-order valence-corrected chi connectivity index (χ1v) is 12.7. The largest absolute Gasteiger partial charge is 0.462 e. The van der Waals surface area contributed by atoms with Gasteiger partial charge in [-0.1, -0.05) is 84.1 Å². The minimum Gasteiger partial charge on any atom is -0.462 e. The molecule has 0 aliphatic rings. The summed E-state index contributed by atoms with van der Waals surface area (Å²) in [5.74, 6) is -1.66. The van der Waals surface area contributed by atoms with Crippen molar-refractivity contribution in [3.05, 3.63) is 12.2 Å². The van der Waals surface area contributed by atoms with Gasteiger partial charge in [-0.25, -0.2) is 4.79 Å². The van der Waals surface area contributed by atoms with Crippen molar-refractivity contribution >= 4 is 16.1 Å². The second-order valence-corrected chi connectivity index (χ2v) is 9.45. The SMILES string of the molecule is C=C(C)C(=O)OCC(COCCCCCCCCCCCCCC)CS(=O)(=O)O. The number of ether oxygens (including phenoxy) is 2. The highest BCUT2D eigenvalue weighted by Gasteiger charge is 2.19. The van der Waals surface area contributed by atoms with Crippen LogP contribution in [0.2, 0.25) is 0 Å². The summed E-state index contributed by atoms with van der Waals surface area (Å²) in [6.07, 6.45) is 15.2. The van der Waals surface area contributed by atoms with Crippen LogP contribution < -0.4 is 0 Å². The van der Waals surface area contributed by atoms with Crippen LogP contribution in [-0.2, 0) is 24.4 Å². The lowest BCUT2D eigenvalue weighted by atomic mass is 10.1. The van der Waals surface area contributed by atoms with Gasteiger partial charge in [0.2, 0.25) is 0 Å². The molecule has 0 aliphatic carbocycles. The molecule has 6 nitrogen and oxygen atoms in total. The number of hydrogen-bond donors (Lipinski definition) is 1. The molecule has 0 heterocycles. The lowest BCUT2D eigenvalue weighted by Crippen LogP contribution is -2.26. The van der Waals surface area contributed by atoms with Gasteiger partial charge in [-0.15, -0.1) is 0 Å². The Hall–Kier alpha value is -0.920. The van der Waals surface area contributed by atoms with E-state index in [9.17, 15) is 13.2 Å². The fraction of sp³-hybridized carbons (Fsp3) is 0.864. The average Bonchev–Trinajstić information content (AvgIpc) is 2.64. The molecule has 0 fully saturated rings. The summed E-state index contributed by atoms with van der Waals surface area (Å²) in [5.41, 5.74) is 0.244. The van der Waals surface area contributed by atoms with E-state index in [1.807, 2.05) is 0 Å². The molecule has 29 heavy (non-hydrogen) atoms. The Balaban J connectivity index is 3.71. The standard InChI is InChI=1S/C22H42O6S/c1-4-5-6-7-8-9-10-11-12-13-14-15-16-27-17-21(19-29(24,25)26)18-28-22(23)20(2)3/h21H,2,4-19H2,1,3H3,(H,24,25,26). The van der Waals surface area contributed by atoms with E-state index in [-0.39, 0.29) is 18.8 Å². The molecule has 0 bridgehead atoms. The zero-order chi connectivity index (χ0) is 22.0. The van der Waals surface area contributed by atoms with Gasteiger partial charge in [-0.2, -0.15) is 8.42 Å². The first-order chi connectivity index (χ1) is 13.8. The van der Waals surface area contributed by atoms with Crippen molar-refractivity contribution in [3.8, 4) is 0 Å². The monoisotopic (exact) mass is 434 g/mol. The molecule has 1 atom stereocenters.